The van der Waals surface area contributed by atoms with E-state index in [0.29, 0.717) is 34.6 Å². The van der Waals surface area contributed by atoms with E-state index in [1.54, 1.807) is 18.2 Å². The van der Waals surface area contributed by atoms with Crippen LogP contribution in [-0.2, 0) is 22.6 Å². The first-order valence-corrected chi connectivity index (χ1v) is 11.1. The molecule has 3 aromatic heterocycles. The number of amides is 1. The third kappa shape index (κ3) is 5.53. The number of nitrogens with one attached hydrogen (secondary N) is 1. The standard InChI is InChI=1S/C24H21FN4O4S/c1-29(14-18-10-11-33-28-18)13-17-7-8-19-21(22(24(31)32-2)34-23(19)26-17)27-20(30)9-6-15-4-3-5-16(25)12-15/h3-12H,13-14H2,1-2H3,(H,27,30)/b9-6+. The third-order valence-electron chi connectivity index (χ3n) is 4.86. The number of esters is 1. The maximum atomic E-state index is 13.4. The molecule has 0 fully saturated rings. The normalized spacial score (nSPS) is 11.4. The summed E-state index contributed by atoms with van der Waals surface area (Å²) in [4.78, 5) is 32.5. The fourth-order valence-electron chi connectivity index (χ4n) is 3.34. The summed E-state index contributed by atoms with van der Waals surface area (Å²) in [6, 6.07) is 11.3. The number of thiophene rings is 1. The summed E-state index contributed by atoms with van der Waals surface area (Å²) in [5, 5.41) is 7.28. The summed E-state index contributed by atoms with van der Waals surface area (Å²) in [5.41, 5.74) is 2.47. The maximum Gasteiger partial charge on any atom is 0.350 e. The lowest BCUT2D eigenvalue weighted by molar-refractivity contribution is -0.111. The summed E-state index contributed by atoms with van der Waals surface area (Å²) in [7, 11) is 3.21. The van der Waals surface area contributed by atoms with Gasteiger partial charge < -0.3 is 14.6 Å². The minimum atomic E-state index is -0.572. The van der Waals surface area contributed by atoms with Crippen molar-refractivity contribution < 1.29 is 23.2 Å². The fourth-order valence-corrected chi connectivity index (χ4v) is 4.41. The number of pyridine rings is 1. The van der Waals surface area contributed by atoms with Crippen molar-refractivity contribution in [2.45, 2.75) is 13.1 Å². The van der Waals surface area contributed by atoms with Crippen LogP contribution in [0, 0.1) is 5.82 Å². The molecule has 4 rings (SSSR count). The molecule has 174 valence electrons. The van der Waals surface area contributed by atoms with Gasteiger partial charge >= 0.3 is 5.97 Å². The highest BCUT2D eigenvalue weighted by atomic mass is 32.1. The minimum Gasteiger partial charge on any atom is -0.465 e. The molecule has 0 aliphatic heterocycles. The average Bonchev–Trinajstić information content (AvgIpc) is 3.45. The molecular formula is C24H21FN4O4S. The van der Waals surface area contributed by atoms with Crippen LogP contribution in [0.1, 0.15) is 26.6 Å². The Hall–Kier alpha value is -3.89. The van der Waals surface area contributed by atoms with E-state index in [9.17, 15) is 14.0 Å². The van der Waals surface area contributed by atoms with E-state index in [-0.39, 0.29) is 4.88 Å². The minimum absolute atomic E-state index is 0.241. The molecule has 0 saturated carbocycles. The van der Waals surface area contributed by atoms with Crippen LogP contribution < -0.4 is 5.32 Å². The first kappa shape index (κ1) is 23.3. The van der Waals surface area contributed by atoms with Gasteiger partial charge in [0, 0.05) is 30.6 Å². The van der Waals surface area contributed by atoms with Gasteiger partial charge in [0.1, 0.15) is 21.8 Å². The van der Waals surface area contributed by atoms with Gasteiger partial charge in [-0.1, -0.05) is 17.3 Å². The number of anilines is 1. The van der Waals surface area contributed by atoms with E-state index in [2.05, 4.69) is 15.5 Å². The molecule has 0 saturated heterocycles. The number of ether oxygens (including phenoxy) is 1. The lowest BCUT2D eigenvalue weighted by Gasteiger charge is -2.14. The number of fused-ring (bicyclic) bond motifs is 1. The van der Waals surface area contributed by atoms with Gasteiger partial charge in [-0.3, -0.25) is 9.69 Å². The van der Waals surface area contributed by atoms with Gasteiger partial charge in [-0.2, -0.15) is 0 Å². The Morgan fingerprint density at radius 3 is 2.76 bits per heavy atom. The first-order chi connectivity index (χ1) is 16.4. The Kier molecular flexibility index (Phi) is 7.09. The van der Waals surface area contributed by atoms with E-state index in [1.165, 1.54) is 37.7 Å². The molecule has 1 aromatic carbocycles. The van der Waals surface area contributed by atoms with Crippen LogP contribution in [0.15, 0.2) is 59.3 Å². The van der Waals surface area contributed by atoms with Crippen molar-refractivity contribution in [1.29, 1.82) is 0 Å². The van der Waals surface area contributed by atoms with Crippen molar-refractivity contribution in [2.24, 2.45) is 0 Å². The van der Waals surface area contributed by atoms with Gasteiger partial charge in [0.15, 0.2) is 0 Å². The number of carbonyl (C=O) groups is 2. The summed E-state index contributed by atoms with van der Waals surface area (Å²) in [6.45, 7) is 1.14. The smallest absolute Gasteiger partial charge is 0.350 e. The second-order valence-corrected chi connectivity index (χ2v) is 8.49. The highest BCUT2D eigenvalue weighted by molar-refractivity contribution is 7.21. The molecule has 0 spiro atoms. The second kappa shape index (κ2) is 10.4. The highest BCUT2D eigenvalue weighted by Gasteiger charge is 2.21. The van der Waals surface area contributed by atoms with Gasteiger partial charge in [-0.25, -0.2) is 14.2 Å². The molecule has 0 atom stereocenters. The molecule has 0 aliphatic carbocycles. The molecular weight excluding hydrogens is 459 g/mol. The monoisotopic (exact) mass is 480 g/mol. The summed E-state index contributed by atoms with van der Waals surface area (Å²) in [5.74, 6) is -1.43. The number of benzene rings is 1. The van der Waals surface area contributed by atoms with E-state index in [1.807, 2.05) is 24.1 Å². The predicted octanol–water partition coefficient (Wildman–Crippen LogP) is 4.49. The molecule has 3 heterocycles. The van der Waals surface area contributed by atoms with Gasteiger partial charge in [0.25, 0.3) is 0 Å². The molecule has 0 aliphatic rings. The summed E-state index contributed by atoms with van der Waals surface area (Å²) >= 11 is 1.14. The molecule has 0 radical (unpaired) electrons. The molecule has 10 heteroatoms. The fraction of sp³-hybridized carbons (Fsp3) is 0.167. The van der Waals surface area contributed by atoms with Crippen molar-refractivity contribution in [1.82, 2.24) is 15.0 Å². The molecule has 34 heavy (non-hydrogen) atoms. The molecule has 1 amide bonds. The lowest BCUT2D eigenvalue weighted by atomic mass is 10.2. The molecule has 0 bridgehead atoms. The van der Waals surface area contributed by atoms with Crippen LogP contribution >= 0.6 is 11.3 Å². The molecule has 0 unspecified atom stereocenters. The third-order valence-corrected chi connectivity index (χ3v) is 5.94. The Labute approximate surface area is 198 Å². The predicted molar refractivity (Wildman–Crippen MR) is 127 cm³/mol. The molecule has 8 nitrogen and oxygen atoms in total. The number of aromatic nitrogens is 2. The van der Waals surface area contributed by atoms with Crippen LogP contribution in [0.3, 0.4) is 0 Å². The lowest BCUT2D eigenvalue weighted by Crippen LogP contribution is -2.18. The summed E-state index contributed by atoms with van der Waals surface area (Å²) in [6.07, 6.45) is 4.29. The van der Waals surface area contributed by atoms with E-state index >= 15 is 0 Å². The van der Waals surface area contributed by atoms with Crippen LogP contribution in [0.25, 0.3) is 16.3 Å². The topological polar surface area (TPSA) is 97.6 Å². The van der Waals surface area contributed by atoms with E-state index < -0.39 is 17.7 Å². The number of hydrogen-bond donors (Lipinski definition) is 1. The number of hydrogen-bond acceptors (Lipinski definition) is 8. The van der Waals surface area contributed by atoms with Gasteiger partial charge in [0.2, 0.25) is 5.91 Å². The number of halogens is 1. The largest absolute Gasteiger partial charge is 0.465 e. The number of carbonyl (C=O) groups excluding carboxylic acids is 2. The zero-order valence-electron chi connectivity index (χ0n) is 18.4. The van der Waals surface area contributed by atoms with Crippen molar-refractivity contribution in [3.05, 3.63) is 82.4 Å². The average molecular weight is 481 g/mol. The Bertz CT molecular complexity index is 1350. The van der Waals surface area contributed by atoms with Gasteiger partial charge in [-0.15, -0.1) is 11.3 Å². The van der Waals surface area contributed by atoms with Crippen molar-refractivity contribution in [2.75, 3.05) is 19.5 Å². The van der Waals surface area contributed by atoms with E-state index in [0.717, 1.165) is 22.7 Å². The molecule has 1 N–H and O–H groups in total. The molecule has 4 aromatic rings. The van der Waals surface area contributed by atoms with Crippen LogP contribution in [0.4, 0.5) is 10.1 Å². The van der Waals surface area contributed by atoms with Crippen molar-refractivity contribution in [3.8, 4) is 0 Å². The van der Waals surface area contributed by atoms with Crippen molar-refractivity contribution in [3.63, 3.8) is 0 Å². The zero-order valence-corrected chi connectivity index (χ0v) is 19.3. The van der Waals surface area contributed by atoms with Crippen LogP contribution in [0.5, 0.6) is 0 Å². The summed E-state index contributed by atoms with van der Waals surface area (Å²) < 4.78 is 23.1. The SMILES string of the molecule is COC(=O)c1sc2nc(CN(C)Cc3ccon3)ccc2c1NC(=O)/C=C/c1cccc(F)c1. The van der Waals surface area contributed by atoms with Gasteiger partial charge in [0.05, 0.1) is 24.2 Å². The second-order valence-electron chi connectivity index (χ2n) is 7.49. The maximum absolute atomic E-state index is 13.4. The number of nitrogens with zero attached hydrogens (tertiary/aromatic N) is 3. The number of methoxy groups -OCH3 is 1. The highest BCUT2D eigenvalue weighted by Crippen LogP contribution is 2.35. The zero-order chi connectivity index (χ0) is 24.1. The number of rotatable bonds is 8. The quantitative estimate of drug-likeness (QED) is 0.293. The van der Waals surface area contributed by atoms with Gasteiger partial charge in [-0.05, 0) is 43.0 Å². The van der Waals surface area contributed by atoms with Crippen LogP contribution in [-0.4, -0.2) is 41.1 Å². The Morgan fingerprint density at radius 1 is 1.21 bits per heavy atom. The first-order valence-electron chi connectivity index (χ1n) is 10.3. The Balaban J connectivity index is 1.56. The van der Waals surface area contributed by atoms with Crippen molar-refractivity contribution >= 4 is 45.2 Å². The van der Waals surface area contributed by atoms with E-state index in [4.69, 9.17) is 9.26 Å². The van der Waals surface area contributed by atoms with Crippen LogP contribution in [0.2, 0.25) is 0 Å². The Morgan fingerprint density at radius 2 is 2.03 bits per heavy atom.